The second-order valence-corrected chi connectivity index (χ2v) is 2.02. The summed E-state index contributed by atoms with van der Waals surface area (Å²) in [5.74, 6) is 0.203. The van der Waals surface area contributed by atoms with Gasteiger partial charge in [0.15, 0.2) is 0 Å². The molecule has 0 fully saturated rings. The lowest BCUT2D eigenvalue weighted by molar-refractivity contribution is 0.276. The summed E-state index contributed by atoms with van der Waals surface area (Å²) in [6, 6.07) is 0. The molecule has 1 rings (SSSR count). The summed E-state index contributed by atoms with van der Waals surface area (Å²) < 4.78 is 0. The van der Waals surface area contributed by atoms with Crippen LogP contribution in [-0.4, -0.2) is 15.1 Å². The summed E-state index contributed by atoms with van der Waals surface area (Å²) in [5.41, 5.74) is 6.72. The van der Waals surface area contributed by atoms with Gasteiger partial charge in [-0.15, -0.1) is 0 Å². The minimum Gasteiger partial charge on any atom is -0.390 e. The van der Waals surface area contributed by atoms with E-state index in [4.69, 9.17) is 10.8 Å². The third kappa shape index (κ3) is 1.22. The molecule has 3 N–H and O–H groups in total. The van der Waals surface area contributed by atoms with Crippen LogP contribution >= 0.6 is 0 Å². The number of hydrogen-bond donors (Lipinski definition) is 2. The van der Waals surface area contributed by atoms with Gasteiger partial charge < -0.3 is 10.8 Å². The van der Waals surface area contributed by atoms with E-state index in [1.165, 1.54) is 0 Å². The van der Waals surface area contributed by atoms with Crippen LogP contribution in [-0.2, 0) is 6.61 Å². The molecular weight excluding hydrogens is 130 g/mol. The first-order chi connectivity index (χ1) is 4.74. The molecule has 0 unspecified atom stereocenters. The zero-order chi connectivity index (χ0) is 7.56. The monoisotopic (exact) mass is 139 g/mol. The van der Waals surface area contributed by atoms with Crippen LogP contribution in [0, 0.1) is 6.92 Å². The van der Waals surface area contributed by atoms with E-state index in [9.17, 15) is 0 Å². The van der Waals surface area contributed by atoms with Crippen molar-refractivity contribution in [3.8, 4) is 0 Å². The average molecular weight is 139 g/mol. The fourth-order valence-electron chi connectivity index (χ4n) is 0.653. The lowest BCUT2D eigenvalue weighted by Crippen LogP contribution is -2.00. The van der Waals surface area contributed by atoms with Gasteiger partial charge in [0.1, 0.15) is 0 Å². The molecule has 0 aromatic carbocycles. The van der Waals surface area contributed by atoms with E-state index >= 15 is 0 Å². The fourth-order valence-corrected chi connectivity index (χ4v) is 0.653. The number of nitrogens with zero attached hydrogens (tertiary/aromatic N) is 2. The van der Waals surface area contributed by atoms with Crippen LogP contribution in [0.25, 0.3) is 0 Å². The van der Waals surface area contributed by atoms with Crippen LogP contribution in [0.5, 0.6) is 0 Å². The minimum absolute atomic E-state index is 0.0848. The maximum Gasteiger partial charge on any atom is 0.220 e. The van der Waals surface area contributed by atoms with Gasteiger partial charge in [0.2, 0.25) is 5.95 Å². The Labute approximate surface area is 58.7 Å². The SMILES string of the molecule is Cc1cnc(N)nc1CO. The van der Waals surface area contributed by atoms with Crippen molar-refractivity contribution in [1.82, 2.24) is 9.97 Å². The molecule has 0 aliphatic rings. The van der Waals surface area contributed by atoms with E-state index in [1.54, 1.807) is 6.20 Å². The van der Waals surface area contributed by atoms with Crippen LogP contribution in [0.3, 0.4) is 0 Å². The van der Waals surface area contributed by atoms with Gasteiger partial charge in [0, 0.05) is 6.20 Å². The van der Waals surface area contributed by atoms with E-state index in [1.807, 2.05) is 6.92 Å². The van der Waals surface area contributed by atoms with Crippen LogP contribution in [0.1, 0.15) is 11.3 Å². The Morgan fingerprint density at radius 1 is 1.70 bits per heavy atom. The van der Waals surface area contributed by atoms with Gasteiger partial charge in [-0.2, -0.15) is 0 Å². The molecule has 54 valence electrons. The zero-order valence-electron chi connectivity index (χ0n) is 5.70. The first kappa shape index (κ1) is 6.95. The van der Waals surface area contributed by atoms with Crippen LogP contribution < -0.4 is 5.73 Å². The van der Waals surface area contributed by atoms with Crippen molar-refractivity contribution in [3.05, 3.63) is 17.5 Å². The lowest BCUT2D eigenvalue weighted by Gasteiger charge is -1.99. The number of rotatable bonds is 1. The number of anilines is 1. The predicted octanol–water partition coefficient (Wildman–Crippen LogP) is -0.140. The molecule has 1 aromatic heterocycles. The van der Waals surface area contributed by atoms with E-state index in [0.717, 1.165) is 5.56 Å². The minimum atomic E-state index is -0.0848. The third-order valence-electron chi connectivity index (χ3n) is 1.24. The molecule has 1 aromatic rings. The van der Waals surface area contributed by atoms with Gasteiger partial charge in [-0.05, 0) is 12.5 Å². The highest BCUT2D eigenvalue weighted by Gasteiger charge is 1.97. The van der Waals surface area contributed by atoms with Gasteiger partial charge in [0.05, 0.1) is 12.3 Å². The molecule has 4 heteroatoms. The van der Waals surface area contributed by atoms with Gasteiger partial charge >= 0.3 is 0 Å². The number of hydrogen-bond acceptors (Lipinski definition) is 4. The van der Waals surface area contributed by atoms with E-state index < -0.39 is 0 Å². The molecule has 4 nitrogen and oxygen atoms in total. The zero-order valence-corrected chi connectivity index (χ0v) is 5.70. The maximum atomic E-state index is 8.70. The van der Waals surface area contributed by atoms with Crippen molar-refractivity contribution in [2.75, 3.05) is 5.73 Å². The maximum absolute atomic E-state index is 8.70. The van der Waals surface area contributed by atoms with Gasteiger partial charge in [-0.25, -0.2) is 9.97 Å². The Balaban J connectivity index is 3.09. The number of aryl methyl sites for hydroxylation is 1. The normalized spacial score (nSPS) is 9.80. The molecule has 0 saturated carbocycles. The second kappa shape index (κ2) is 2.62. The van der Waals surface area contributed by atoms with Gasteiger partial charge in [-0.3, -0.25) is 0 Å². The Kier molecular flexibility index (Phi) is 1.82. The summed E-state index contributed by atoms with van der Waals surface area (Å²) in [6.07, 6.45) is 1.59. The summed E-state index contributed by atoms with van der Waals surface area (Å²) >= 11 is 0. The smallest absolute Gasteiger partial charge is 0.220 e. The molecule has 0 saturated heterocycles. The molecule has 0 radical (unpaired) electrons. The van der Waals surface area contributed by atoms with Gasteiger partial charge in [-0.1, -0.05) is 0 Å². The number of nitrogen functional groups attached to an aromatic ring is 1. The van der Waals surface area contributed by atoms with Gasteiger partial charge in [0.25, 0.3) is 0 Å². The van der Waals surface area contributed by atoms with E-state index in [0.29, 0.717) is 5.69 Å². The Hall–Kier alpha value is -1.16. The number of nitrogens with two attached hydrogens (primary N) is 1. The predicted molar refractivity (Wildman–Crippen MR) is 37.1 cm³/mol. The summed E-state index contributed by atoms with van der Waals surface area (Å²) in [7, 11) is 0. The quantitative estimate of drug-likeness (QED) is 0.568. The standard InChI is InChI=1S/C6H9N3O/c1-4-2-8-6(7)9-5(4)3-10/h2,10H,3H2,1H3,(H2,7,8,9). The Morgan fingerprint density at radius 2 is 2.40 bits per heavy atom. The molecule has 1 heterocycles. The number of aliphatic hydroxyl groups is 1. The van der Waals surface area contributed by atoms with Crippen molar-refractivity contribution in [3.63, 3.8) is 0 Å². The Morgan fingerprint density at radius 3 is 2.90 bits per heavy atom. The van der Waals surface area contributed by atoms with Crippen molar-refractivity contribution in [2.45, 2.75) is 13.5 Å². The summed E-state index contributed by atoms with van der Waals surface area (Å²) in [5, 5.41) is 8.70. The fraction of sp³-hybridized carbons (Fsp3) is 0.333. The first-order valence-electron chi connectivity index (χ1n) is 2.93. The van der Waals surface area contributed by atoms with Crippen LogP contribution in [0.4, 0.5) is 5.95 Å². The molecule has 0 spiro atoms. The van der Waals surface area contributed by atoms with Crippen molar-refractivity contribution in [2.24, 2.45) is 0 Å². The highest BCUT2D eigenvalue weighted by molar-refractivity contribution is 5.23. The van der Waals surface area contributed by atoms with Crippen molar-refractivity contribution >= 4 is 5.95 Å². The Bertz CT molecular complexity index is 236. The molecule has 0 amide bonds. The highest BCUT2D eigenvalue weighted by Crippen LogP contribution is 2.03. The summed E-state index contributed by atoms with van der Waals surface area (Å²) in [4.78, 5) is 7.55. The third-order valence-corrected chi connectivity index (χ3v) is 1.24. The van der Waals surface area contributed by atoms with E-state index in [2.05, 4.69) is 9.97 Å². The topological polar surface area (TPSA) is 72.0 Å². The first-order valence-corrected chi connectivity index (χ1v) is 2.93. The van der Waals surface area contributed by atoms with E-state index in [-0.39, 0.29) is 12.6 Å². The molecule has 10 heavy (non-hydrogen) atoms. The highest BCUT2D eigenvalue weighted by atomic mass is 16.3. The number of aliphatic hydroxyl groups excluding tert-OH is 1. The second-order valence-electron chi connectivity index (χ2n) is 2.02. The molecule has 0 aliphatic carbocycles. The lowest BCUT2D eigenvalue weighted by atomic mass is 10.3. The molecular formula is C6H9N3O. The van der Waals surface area contributed by atoms with Crippen LogP contribution in [0.15, 0.2) is 6.20 Å². The average Bonchev–Trinajstić information content (AvgIpc) is 1.94. The molecule has 0 atom stereocenters. The van der Waals surface area contributed by atoms with Crippen molar-refractivity contribution < 1.29 is 5.11 Å². The summed E-state index contributed by atoms with van der Waals surface area (Å²) in [6.45, 7) is 1.74. The van der Waals surface area contributed by atoms with Crippen LogP contribution in [0.2, 0.25) is 0 Å². The largest absolute Gasteiger partial charge is 0.390 e. The molecule has 0 aliphatic heterocycles. The van der Waals surface area contributed by atoms with Crippen molar-refractivity contribution in [1.29, 1.82) is 0 Å². The molecule has 0 bridgehead atoms. The number of aromatic nitrogens is 2.